The van der Waals surface area contributed by atoms with Gasteiger partial charge >= 0.3 is 5.97 Å². The Morgan fingerprint density at radius 2 is 2.38 bits per heavy atom. The first kappa shape index (κ1) is 9.73. The zero-order chi connectivity index (χ0) is 9.84. The predicted octanol–water partition coefficient (Wildman–Crippen LogP) is -0.918. The summed E-state index contributed by atoms with van der Waals surface area (Å²) in [4.78, 5) is 14.6. The number of esters is 1. The van der Waals surface area contributed by atoms with Gasteiger partial charge in [0.25, 0.3) is 0 Å². The Morgan fingerprint density at radius 1 is 1.69 bits per heavy atom. The van der Waals surface area contributed by atoms with Gasteiger partial charge in [0.15, 0.2) is 6.10 Å². The van der Waals surface area contributed by atoms with Gasteiger partial charge in [-0.1, -0.05) is 12.1 Å². The summed E-state index contributed by atoms with van der Waals surface area (Å²) >= 11 is 0. The average Bonchev–Trinajstić information content (AvgIpc) is 2.15. The summed E-state index contributed by atoms with van der Waals surface area (Å²) in [6.45, 7) is 0. The molecule has 1 aromatic heterocycles. The van der Waals surface area contributed by atoms with Crippen molar-refractivity contribution >= 4 is 19.4 Å². The van der Waals surface area contributed by atoms with Gasteiger partial charge in [-0.15, -0.1) is 0 Å². The molecular formula is C8H8BNO3. The Labute approximate surface area is 77.0 Å². The number of ether oxygens (including phenoxy) is 1. The van der Waals surface area contributed by atoms with E-state index in [-0.39, 0.29) is 11.3 Å². The second-order valence-electron chi connectivity index (χ2n) is 2.41. The third-order valence-corrected chi connectivity index (χ3v) is 1.50. The normalized spacial score (nSPS) is 12.2. The third-order valence-electron chi connectivity index (χ3n) is 1.50. The van der Waals surface area contributed by atoms with Crippen molar-refractivity contribution in [3.8, 4) is 0 Å². The van der Waals surface area contributed by atoms with Gasteiger partial charge in [-0.2, -0.15) is 0 Å². The molecule has 0 spiro atoms. The van der Waals surface area contributed by atoms with Gasteiger partial charge in [0.05, 0.1) is 12.8 Å². The van der Waals surface area contributed by atoms with Crippen molar-refractivity contribution in [1.29, 1.82) is 0 Å². The van der Waals surface area contributed by atoms with E-state index in [2.05, 4.69) is 9.72 Å². The second kappa shape index (κ2) is 4.05. The van der Waals surface area contributed by atoms with Crippen LogP contribution in [0.2, 0.25) is 0 Å². The van der Waals surface area contributed by atoms with E-state index in [1.165, 1.54) is 13.2 Å². The van der Waals surface area contributed by atoms with E-state index in [9.17, 15) is 9.90 Å². The summed E-state index contributed by atoms with van der Waals surface area (Å²) in [5.74, 6) is -0.752. The van der Waals surface area contributed by atoms with Gasteiger partial charge in [-0.3, -0.25) is 4.98 Å². The molecule has 0 aliphatic rings. The van der Waals surface area contributed by atoms with Gasteiger partial charge < -0.3 is 9.84 Å². The van der Waals surface area contributed by atoms with Crippen molar-refractivity contribution in [3.05, 3.63) is 23.9 Å². The van der Waals surface area contributed by atoms with Crippen molar-refractivity contribution in [2.45, 2.75) is 6.10 Å². The summed E-state index contributed by atoms with van der Waals surface area (Å²) in [5, 5.41) is 9.32. The van der Waals surface area contributed by atoms with Crippen molar-refractivity contribution in [2.75, 3.05) is 7.11 Å². The molecule has 0 aromatic carbocycles. The molecule has 0 saturated heterocycles. The Balaban J connectivity index is 2.88. The molecule has 1 atom stereocenters. The highest BCUT2D eigenvalue weighted by Gasteiger charge is 2.18. The fourth-order valence-electron chi connectivity index (χ4n) is 0.854. The first-order chi connectivity index (χ1) is 6.15. The summed E-state index contributed by atoms with van der Waals surface area (Å²) in [7, 11) is 6.56. The third kappa shape index (κ3) is 2.29. The smallest absolute Gasteiger partial charge is 0.341 e. The van der Waals surface area contributed by atoms with Crippen LogP contribution < -0.4 is 5.59 Å². The lowest BCUT2D eigenvalue weighted by Gasteiger charge is -2.07. The van der Waals surface area contributed by atoms with Crippen molar-refractivity contribution < 1.29 is 14.6 Å². The number of carbonyl (C=O) groups excluding carboxylic acids is 1. The molecule has 1 heterocycles. The van der Waals surface area contributed by atoms with E-state index in [0.29, 0.717) is 0 Å². The standard InChI is InChI=1S/C8H8BNO3/c1-13-8(12)7(11)5-3-2-4-6(9)10-5/h2-4,7,11H,1H3. The number of nitrogens with zero attached hydrogens (tertiary/aromatic N) is 1. The van der Waals surface area contributed by atoms with Crippen LogP contribution in [0.3, 0.4) is 0 Å². The molecule has 0 bridgehead atoms. The predicted molar refractivity (Wildman–Crippen MR) is 46.6 cm³/mol. The monoisotopic (exact) mass is 177 g/mol. The fourth-order valence-corrected chi connectivity index (χ4v) is 0.854. The van der Waals surface area contributed by atoms with E-state index < -0.39 is 12.1 Å². The van der Waals surface area contributed by atoms with E-state index in [0.717, 1.165) is 0 Å². The van der Waals surface area contributed by atoms with Crippen molar-refractivity contribution in [1.82, 2.24) is 4.98 Å². The van der Waals surface area contributed by atoms with Crippen molar-refractivity contribution in [3.63, 3.8) is 0 Å². The molecule has 0 aliphatic heterocycles. The van der Waals surface area contributed by atoms with Crippen LogP contribution in [0, 0.1) is 0 Å². The minimum Gasteiger partial charge on any atom is -0.467 e. The number of hydrogen-bond acceptors (Lipinski definition) is 4. The summed E-state index contributed by atoms with van der Waals surface area (Å²) in [6, 6.07) is 4.66. The first-order valence-electron chi connectivity index (χ1n) is 3.63. The SMILES string of the molecule is [B]c1cccc(C(O)C(=O)OC)n1. The average molecular weight is 177 g/mol. The zero-order valence-corrected chi connectivity index (χ0v) is 7.10. The quantitative estimate of drug-likeness (QED) is 0.468. The Bertz CT molecular complexity index is 316. The van der Waals surface area contributed by atoms with Gasteiger partial charge in [0.2, 0.25) is 0 Å². The molecule has 1 rings (SSSR count). The number of aliphatic hydroxyl groups excluding tert-OH is 1. The molecule has 13 heavy (non-hydrogen) atoms. The molecule has 1 aromatic rings. The van der Waals surface area contributed by atoms with Crippen LogP contribution in [0.25, 0.3) is 0 Å². The Hall–Kier alpha value is -1.36. The number of hydrogen-bond donors (Lipinski definition) is 1. The van der Waals surface area contributed by atoms with Crippen LogP contribution in [-0.4, -0.2) is 31.0 Å². The molecule has 66 valence electrons. The van der Waals surface area contributed by atoms with Gasteiger partial charge in [-0.25, -0.2) is 4.79 Å². The molecule has 5 heteroatoms. The first-order valence-corrected chi connectivity index (χ1v) is 3.63. The molecular weight excluding hydrogens is 169 g/mol. The van der Waals surface area contributed by atoms with E-state index in [4.69, 9.17) is 7.85 Å². The molecule has 0 aliphatic carbocycles. The summed E-state index contributed by atoms with van der Waals surface area (Å²) in [6.07, 6.45) is -1.37. The molecule has 4 nitrogen and oxygen atoms in total. The van der Waals surface area contributed by atoms with E-state index >= 15 is 0 Å². The molecule has 1 unspecified atom stereocenters. The summed E-state index contributed by atoms with van der Waals surface area (Å²) < 4.78 is 4.34. The van der Waals surface area contributed by atoms with Gasteiger partial charge in [0, 0.05) is 0 Å². The minimum atomic E-state index is -1.37. The largest absolute Gasteiger partial charge is 0.467 e. The highest BCUT2D eigenvalue weighted by Crippen LogP contribution is 2.08. The van der Waals surface area contributed by atoms with Crippen LogP contribution in [0.5, 0.6) is 0 Å². The maximum Gasteiger partial charge on any atom is 0.341 e. The van der Waals surface area contributed by atoms with Crippen LogP contribution in [-0.2, 0) is 9.53 Å². The van der Waals surface area contributed by atoms with Crippen molar-refractivity contribution in [2.24, 2.45) is 0 Å². The molecule has 0 saturated carbocycles. The maximum atomic E-state index is 10.9. The zero-order valence-electron chi connectivity index (χ0n) is 7.10. The van der Waals surface area contributed by atoms with Crippen LogP contribution >= 0.6 is 0 Å². The molecule has 2 radical (unpaired) electrons. The number of methoxy groups -OCH3 is 1. The topological polar surface area (TPSA) is 59.4 Å². The number of aliphatic hydroxyl groups is 1. The lowest BCUT2D eigenvalue weighted by atomic mass is 10.0. The second-order valence-corrected chi connectivity index (χ2v) is 2.41. The molecule has 1 N–H and O–H groups in total. The van der Waals surface area contributed by atoms with Crippen LogP contribution in [0.15, 0.2) is 18.2 Å². The molecule has 0 amide bonds. The molecule has 0 fully saturated rings. The fraction of sp³-hybridized carbons (Fsp3) is 0.250. The van der Waals surface area contributed by atoms with E-state index in [1.807, 2.05) is 0 Å². The number of rotatable bonds is 2. The van der Waals surface area contributed by atoms with Crippen LogP contribution in [0.1, 0.15) is 11.8 Å². The maximum absolute atomic E-state index is 10.9. The van der Waals surface area contributed by atoms with Crippen LogP contribution in [0.4, 0.5) is 0 Å². The lowest BCUT2D eigenvalue weighted by molar-refractivity contribution is -0.150. The minimum absolute atomic E-state index is 0.187. The lowest BCUT2D eigenvalue weighted by Crippen LogP contribution is -2.18. The Kier molecular flexibility index (Phi) is 3.03. The number of carbonyl (C=O) groups is 1. The highest BCUT2D eigenvalue weighted by atomic mass is 16.5. The number of pyridine rings is 1. The number of aromatic nitrogens is 1. The van der Waals surface area contributed by atoms with Gasteiger partial charge in [-0.05, 0) is 11.7 Å². The van der Waals surface area contributed by atoms with E-state index in [1.54, 1.807) is 12.1 Å². The van der Waals surface area contributed by atoms with Gasteiger partial charge in [0.1, 0.15) is 7.85 Å². The summed E-state index contributed by atoms with van der Waals surface area (Å²) in [5.41, 5.74) is 0.437. The highest BCUT2D eigenvalue weighted by molar-refractivity contribution is 6.30. The Morgan fingerprint density at radius 3 is 2.92 bits per heavy atom.